The van der Waals surface area contributed by atoms with Gasteiger partial charge in [-0.05, 0) is 54.6 Å². The van der Waals surface area contributed by atoms with Gasteiger partial charge in [0.1, 0.15) is 16.4 Å². The van der Waals surface area contributed by atoms with Crippen molar-refractivity contribution in [2.75, 3.05) is 24.3 Å². The van der Waals surface area contributed by atoms with Gasteiger partial charge in [0.05, 0.1) is 19.9 Å². The zero-order valence-electron chi connectivity index (χ0n) is 16.2. The fraction of sp³-hybridized carbons (Fsp3) is 0.0952. The first kappa shape index (κ1) is 21.7. The number of rotatable bonds is 7. The van der Waals surface area contributed by atoms with E-state index in [-0.39, 0.29) is 16.2 Å². The Morgan fingerprint density at radius 2 is 1.57 bits per heavy atom. The summed E-state index contributed by atoms with van der Waals surface area (Å²) in [4.78, 5) is 12.6. The van der Waals surface area contributed by atoms with Crippen LogP contribution in [-0.4, -0.2) is 28.5 Å². The molecule has 0 unspecified atom stereocenters. The lowest BCUT2D eigenvalue weighted by atomic mass is 10.2. The smallest absolute Gasteiger partial charge is 0.265 e. The summed E-state index contributed by atoms with van der Waals surface area (Å²) >= 11 is 3.31. The second-order valence-electron chi connectivity index (χ2n) is 6.13. The van der Waals surface area contributed by atoms with Crippen molar-refractivity contribution >= 4 is 43.2 Å². The number of hydrogen-bond acceptors (Lipinski definition) is 5. The number of benzene rings is 3. The zero-order chi connectivity index (χ0) is 21.7. The van der Waals surface area contributed by atoms with E-state index in [1.807, 2.05) is 0 Å². The molecule has 0 saturated carbocycles. The van der Waals surface area contributed by atoms with E-state index in [9.17, 15) is 13.2 Å². The van der Waals surface area contributed by atoms with Gasteiger partial charge in [-0.3, -0.25) is 9.52 Å². The van der Waals surface area contributed by atoms with Crippen LogP contribution in [0.3, 0.4) is 0 Å². The normalized spacial score (nSPS) is 10.9. The van der Waals surface area contributed by atoms with E-state index in [0.29, 0.717) is 17.1 Å². The van der Waals surface area contributed by atoms with Gasteiger partial charge in [0.15, 0.2) is 0 Å². The molecule has 1 amide bonds. The van der Waals surface area contributed by atoms with Gasteiger partial charge in [-0.15, -0.1) is 0 Å². The quantitative estimate of drug-likeness (QED) is 0.507. The lowest BCUT2D eigenvalue weighted by Gasteiger charge is -2.14. The second-order valence-corrected chi connectivity index (χ2v) is 8.70. The maximum absolute atomic E-state index is 12.9. The van der Waals surface area contributed by atoms with Crippen molar-refractivity contribution in [3.05, 3.63) is 76.8 Å². The highest BCUT2D eigenvalue weighted by molar-refractivity contribution is 9.10. The van der Waals surface area contributed by atoms with Gasteiger partial charge in [0, 0.05) is 15.7 Å². The lowest BCUT2D eigenvalue weighted by Crippen LogP contribution is -2.17. The molecule has 9 heteroatoms. The highest BCUT2D eigenvalue weighted by Gasteiger charge is 2.22. The summed E-state index contributed by atoms with van der Waals surface area (Å²) in [6.07, 6.45) is 0. The fourth-order valence-electron chi connectivity index (χ4n) is 2.70. The van der Waals surface area contributed by atoms with Crippen LogP contribution in [0.15, 0.2) is 76.1 Å². The third-order valence-corrected chi connectivity index (χ3v) is 6.10. The molecular weight excluding hydrogens is 472 g/mol. The van der Waals surface area contributed by atoms with Crippen LogP contribution in [0.1, 0.15) is 10.4 Å². The number of ether oxygens (including phenoxy) is 2. The van der Waals surface area contributed by atoms with Crippen molar-refractivity contribution in [2.45, 2.75) is 4.90 Å². The number of hydrogen-bond donors (Lipinski definition) is 2. The molecule has 156 valence electrons. The Morgan fingerprint density at radius 3 is 2.23 bits per heavy atom. The molecule has 0 aliphatic carbocycles. The molecule has 0 aliphatic rings. The predicted molar refractivity (Wildman–Crippen MR) is 119 cm³/mol. The highest BCUT2D eigenvalue weighted by atomic mass is 79.9. The number of sulfonamides is 1. The third kappa shape index (κ3) is 4.92. The van der Waals surface area contributed by atoms with Crippen LogP contribution in [-0.2, 0) is 10.0 Å². The highest BCUT2D eigenvalue weighted by Crippen LogP contribution is 2.29. The minimum Gasteiger partial charge on any atom is -0.495 e. The maximum Gasteiger partial charge on any atom is 0.265 e. The molecule has 30 heavy (non-hydrogen) atoms. The number of methoxy groups -OCH3 is 2. The molecule has 3 aromatic rings. The number of nitrogens with one attached hydrogen (secondary N) is 2. The standard InChI is InChI=1S/C21H19BrN2O5S/c1-28-18-6-4-3-5-17(18)23-21(25)14-7-12-19(29-2)20(13-14)30(26,27)24-16-10-8-15(22)9-11-16/h3-13,24H,1-2H3,(H,23,25). The third-order valence-electron chi connectivity index (χ3n) is 4.17. The summed E-state index contributed by atoms with van der Waals surface area (Å²) in [5, 5.41) is 2.72. The minimum absolute atomic E-state index is 0.119. The average molecular weight is 491 g/mol. The number of amides is 1. The van der Waals surface area contributed by atoms with Gasteiger partial charge in [-0.1, -0.05) is 28.1 Å². The number of halogens is 1. The molecule has 0 bridgehead atoms. The van der Waals surface area contributed by atoms with Crippen LogP contribution in [0.5, 0.6) is 11.5 Å². The van der Waals surface area contributed by atoms with Crippen LogP contribution in [0.2, 0.25) is 0 Å². The Labute approximate surface area is 183 Å². The van der Waals surface area contributed by atoms with E-state index in [4.69, 9.17) is 9.47 Å². The minimum atomic E-state index is -4.01. The van der Waals surface area contributed by atoms with E-state index in [1.54, 1.807) is 48.5 Å². The summed E-state index contributed by atoms with van der Waals surface area (Å²) < 4.78 is 39.6. The lowest BCUT2D eigenvalue weighted by molar-refractivity contribution is 0.102. The summed E-state index contributed by atoms with van der Waals surface area (Å²) in [6, 6.07) is 17.8. The van der Waals surface area contributed by atoms with Gasteiger partial charge < -0.3 is 14.8 Å². The molecular formula is C21H19BrN2O5S. The Hall–Kier alpha value is -3.04. The van der Waals surface area contributed by atoms with Crippen molar-refractivity contribution in [3.63, 3.8) is 0 Å². The topological polar surface area (TPSA) is 93.7 Å². The molecule has 0 heterocycles. The van der Waals surface area contributed by atoms with E-state index < -0.39 is 15.9 Å². The number of carbonyl (C=O) groups is 1. The predicted octanol–water partition coefficient (Wildman–Crippen LogP) is 4.52. The first-order valence-electron chi connectivity index (χ1n) is 8.75. The van der Waals surface area contributed by atoms with Crippen molar-refractivity contribution < 1.29 is 22.7 Å². The SMILES string of the molecule is COc1ccccc1NC(=O)c1ccc(OC)c(S(=O)(=O)Nc2ccc(Br)cc2)c1. The van der Waals surface area contributed by atoms with E-state index in [0.717, 1.165) is 4.47 Å². The van der Waals surface area contributed by atoms with Crippen molar-refractivity contribution in [2.24, 2.45) is 0 Å². The molecule has 3 aromatic carbocycles. The van der Waals surface area contributed by atoms with Crippen LogP contribution in [0.4, 0.5) is 11.4 Å². The fourth-order valence-corrected chi connectivity index (χ4v) is 4.22. The summed E-state index contributed by atoms with van der Waals surface area (Å²) in [5.74, 6) is 0.125. The monoisotopic (exact) mass is 490 g/mol. The molecule has 0 aromatic heterocycles. The summed E-state index contributed by atoms with van der Waals surface area (Å²) in [5.41, 5.74) is 1.00. The molecule has 2 N–H and O–H groups in total. The van der Waals surface area contributed by atoms with Gasteiger partial charge >= 0.3 is 0 Å². The Balaban J connectivity index is 1.92. The molecule has 0 fully saturated rings. The van der Waals surface area contributed by atoms with Crippen LogP contribution >= 0.6 is 15.9 Å². The molecule has 0 saturated heterocycles. The maximum atomic E-state index is 12.9. The van der Waals surface area contributed by atoms with Crippen molar-refractivity contribution in [1.29, 1.82) is 0 Å². The zero-order valence-corrected chi connectivity index (χ0v) is 18.6. The summed E-state index contributed by atoms with van der Waals surface area (Å²) in [7, 11) is -1.15. The van der Waals surface area contributed by atoms with Gasteiger partial charge in [0.25, 0.3) is 15.9 Å². The molecule has 3 rings (SSSR count). The van der Waals surface area contributed by atoms with Crippen molar-refractivity contribution in [3.8, 4) is 11.5 Å². The van der Waals surface area contributed by atoms with E-state index in [1.165, 1.54) is 32.4 Å². The van der Waals surface area contributed by atoms with Gasteiger partial charge in [-0.2, -0.15) is 0 Å². The second kappa shape index (κ2) is 9.19. The average Bonchev–Trinajstić information content (AvgIpc) is 2.75. The van der Waals surface area contributed by atoms with Gasteiger partial charge in [-0.25, -0.2) is 8.42 Å². The molecule has 0 radical (unpaired) electrons. The van der Waals surface area contributed by atoms with Crippen LogP contribution in [0, 0.1) is 0 Å². The van der Waals surface area contributed by atoms with Crippen molar-refractivity contribution in [1.82, 2.24) is 0 Å². The van der Waals surface area contributed by atoms with Crippen LogP contribution < -0.4 is 19.5 Å². The Kier molecular flexibility index (Phi) is 6.63. The Bertz CT molecular complexity index is 1160. The summed E-state index contributed by atoms with van der Waals surface area (Å²) in [6.45, 7) is 0. The number of carbonyl (C=O) groups excluding carboxylic acids is 1. The number of para-hydroxylation sites is 2. The van der Waals surface area contributed by atoms with E-state index >= 15 is 0 Å². The largest absolute Gasteiger partial charge is 0.495 e. The molecule has 0 spiro atoms. The first-order chi connectivity index (χ1) is 14.3. The molecule has 0 aliphatic heterocycles. The van der Waals surface area contributed by atoms with Gasteiger partial charge in [0.2, 0.25) is 0 Å². The van der Waals surface area contributed by atoms with E-state index in [2.05, 4.69) is 26.0 Å². The molecule has 0 atom stereocenters. The number of anilines is 2. The first-order valence-corrected chi connectivity index (χ1v) is 11.0. The van der Waals surface area contributed by atoms with Crippen LogP contribution in [0.25, 0.3) is 0 Å². The Morgan fingerprint density at radius 1 is 0.900 bits per heavy atom. The molecule has 7 nitrogen and oxygen atoms in total.